The van der Waals surface area contributed by atoms with Gasteiger partial charge in [0.1, 0.15) is 16.7 Å². The number of hydrogen-bond donors (Lipinski definition) is 0. The normalized spacial score (nSPS) is 11.7. The number of hydrogen-bond acceptors (Lipinski definition) is 4. The average molecular weight is 770 g/mol. The number of furan rings is 1. The number of aromatic nitrogens is 2. The molecule has 0 aliphatic heterocycles. The fourth-order valence-electron chi connectivity index (χ4n) is 8.84. The van der Waals surface area contributed by atoms with Gasteiger partial charge >= 0.3 is 0 Å². The number of benzene rings is 9. The van der Waals surface area contributed by atoms with Crippen LogP contribution in [0.5, 0.6) is 0 Å². The number of oxazole rings is 1. The Morgan fingerprint density at radius 1 is 0.383 bits per heavy atom. The van der Waals surface area contributed by atoms with Crippen molar-refractivity contribution in [3.8, 4) is 39.4 Å². The van der Waals surface area contributed by atoms with Crippen LogP contribution in [0.1, 0.15) is 0 Å². The van der Waals surface area contributed by atoms with Crippen molar-refractivity contribution in [1.82, 2.24) is 9.55 Å². The molecule has 0 spiro atoms. The molecule has 3 aromatic heterocycles. The van der Waals surface area contributed by atoms with Gasteiger partial charge in [-0.2, -0.15) is 0 Å². The van der Waals surface area contributed by atoms with Crippen LogP contribution in [0.2, 0.25) is 0 Å². The lowest BCUT2D eigenvalue weighted by Gasteiger charge is -2.26. The van der Waals surface area contributed by atoms with Gasteiger partial charge in [-0.15, -0.1) is 0 Å². The molecule has 0 fully saturated rings. The Morgan fingerprint density at radius 2 is 1.05 bits per heavy atom. The molecule has 0 radical (unpaired) electrons. The standard InChI is InChI=1S/C55H35N3O2/c1-4-14-36(15-5-1)39-18-12-21-42(32-39)57(43-30-31-50-46(33-43)45-22-10-11-24-49(45)58(50)40-19-8-3-9-20-40)41-28-26-37(27-29-41)44-23-13-25-51-54(44)47-34-53-48(35-52(47)59-51)56-55(60-53)38-16-6-2-7-17-38/h1-35H. The molecule has 3 heterocycles. The summed E-state index contributed by atoms with van der Waals surface area (Å²) in [7, 11) is 0. The van der Waals surface area contributed by atoms with Crippen molar-refractivity contribution >= 4 is 71.9 Å². The van der Waals surface area contributed by atoms with Gasteiger partial charge in [-0.3, -0.25) is 0 Å². The molecule has 5 heteroatoms. The lowest BCUT2D eigenvalue weighted by molar-refractivity contribution is 0.620. The predicted molar refractivity (Wildman–Crippen MR) is 247 cm³/mol. The molecule has 0 saturated heterocycles. The molecular weight excluding hydrogens is 735 g/mol. The lowest BCUT2D eigenvalue weighted by Crippen LogP contribution is -2.10. The van der Waals surface area contributed by atoms with Crippen LogP contribution in [0.4, 0.5) is 17.1 Å². The Bertz CT molecular complexity index is 3530. The molecule has 0 unspecified atom stereocenters. The lowest BCUT2D eigenvalue weighted by atomic mass is 9.98. The third kappa shape index (κ3) is 5.59. The second kappa shape index (κ2) is 13.8. The molecule has 5 nitrogen and oxygen atoms in total. The summed E-state index contributed by atoms with van der Waals surface area (Å²) < 4.78 is 15.1. The van der Waals surface area contributed by atoms with Crippen LogP contribution in [0, 0.1) is 0 Å². The Hall–Kier alpha value is -8.15. The third-order valence-corrected chi connectivity index (χ3v) is 11.6. The molecule has 0 atom stereocenters. The molecule has 0 amide bonds. The van der Waals surface area contributed by atoms with E-state index in [2.05, 4.69) is 179 Å². The van der Waals surface area contributed by atoms with Gasteiger partial charge < -0.3 is 18.3 Å². The van der Waals surface area contributed by atoms with Crippen molar-refractivity contribution in [2.45, 2.75) is 0 Å². The summed E-state index contributed by atoms with van der Waals surface area (Å²) in [5.74, 6) is 0.596. The Kier molecular flexibility index (Phi) is 7.78. The first-order chi connectivity index (χ1) is 29.7. The molecule has 0 aliphatic rings. The largest absolute Gasteiger partial charge is 0.456 e. The topological polar surface area (TPSA) is 47.3 Å². The fraction of sp³-hybridized carbons (Fsp3) is 0. The van der Waals surface area contributed by atoms with Gasteiger partial charge in [-0.1, -0.05) is 121 Å². The van der Waals surface area contributed by atoms with Gasteiger partial charge in [0.15, 0.2) is 5.58 Å². The molecule has 9 aromatic carbocycles. The summed E-state index contributed by atoms with van der Waals surface area (Å²) in [6.45, 7) is 0. The second-order valence-electron chi connectivity index (χ2n) is 15.2. The van der Waals surface area contributed by atoms with Crippen molar-refractivity contribution in [3.05, 3.63) is 212 Å². The molecule has 0 aliphatic carbocycles. The summed E-state index contributed by atoms with van der Waals surface area (Å²) in [5.41, 5.74) is 15.2. The van der Waals surface area contributed by atoms with E-state index in [-0.39, 0.29) is 0 Å². The van der Waals surface area contributed by atoms with Crippen LogP contribution in [-0.4, -0.2) is 9.55 Å². The molecular formula is C55H35N3O2. The van der Waals surface area contributed by atoms with E-state index in [0.29, 0.717) is 5.89 Å². The maximum Gasteiger partial charge on any atom is 0.227 e. The maximum absolute atomic E-state index is 6.47. The molecule has 0 saturated carbocycles. The molecule has 60 heavy (non-hydrogen) atoms. The van der Waals surface area contributed by atoms with Crippen LogP contribution in [-0.2, 0) is 0 Å². The summed E-state index contributed by atoms with van der Waals surface area (Å²) in [6.07, 6.45) is 0. The van der Waals surface area contributed by atoms with Crippen molar-refractivity contribution in [1.29, 1.82) is 0 Å². The summed E-state index contributed by atoms with van der Waals surface area (Å²) in [5, 5.41) is 4.46. The zero-order valence-electron chi connectivity index (χ0n) is 32.4. The minimum atomic E-state index is 0.596. The van der Waals surface area contributed by atoms with Gasteiger partial charge in [0.05, 0.1) is 11.0 Å². The Morgan fingerprint density at radius 3 is 1.87 bits per heavy atom. The van der Waals surface area contributed by atoms with Gasteiger partial charge in [-0.25, -0.2) is 4.98 Å². The van der Waals surface area contributed by atoms with Gasteiger partial charge in [0.25, 0.3) is 0 Å². The first-order valence-electron chi connectivity index (χ1n) is 20.2. The van der Waals surface area contributed by atoms with E-state index in [1.165, 1.54) is 27.4 Å². The zero-order chi connectivity index (χ0) is 39.6. The number of nitrogens with zero attached hydrogens (tertiary/aromatic N) is 3. The number of rotatable bonds is 7. The van der Waals surface area contributed by atoms with E-state index >= 15 is 0 Å². The zero-order valence-corrected chi connectivity index (χ0v) is 32.4. The molecule has 282 valence electrons. The third-order valence-electron chi connectivity index (χ3n) is 11.6. The summed E-state index contributed by atoms with van der Waals surface area (Å²) in [4.78, 5) is 7.16. The highest BCUT2D eigenvalue weighted by Crippen LogP contribution is 2.43. The monoisotopic (exact) mass is 769 g/mol. The van der Waals surface area contributed by atoms with Crippen LogP contribution < -0.4 is 4.90 Å². The summed E-state index contributed by atoms with van der Waals surface area (Å²) in [6, 6.07) is 74.7. The minimum Gasteiger partial charge on any atom is -0.456 e. The van der Waals surface area contributed by atoms with E-state index in [1.54, 1.807) is 0 Å². The van der Waals surface area contributed by atoms with E-state index in [1.807, 2.05) is 42.5 Å². The van der Waals surface area contributed by atoms with E-state index in [9.17, 15) is 0 Å². The highest BCUT2D eigenvalue weighted by atomic mass is 16.4. The van der Waals surface area contributed by atoms with Crippen molar-refractivity contribution in [2.75, 3.05) is 4.90 Å². The highest BCUT2D eigenvalue weighted by Gasteiger charge is 2.20. The fourth-order valence-corrected chi connectivity index (χ4v) is 8.84. The van der Waals surface area contributed by atoms with Crippen LogP contribution in [0.15, 0.2) is 221 Å². The number of fused-ring (bicyclic) bond motifs is 7. The summed E-state index contributed by atoms with van der Waals surface area (Å²) >= 11 is 0. The second-order valence-corrected chi connectivity index (χ2v) is 15.2. The van der Waals surface area contributed by atoms with E-state index < -0.39 is 0 Å². The van der Waals surface area contributed by atoms with Gasteiger partial charge in [-0.05, 0) is 107 Å². The smallest absolute Gasteiger partial charge is 0.227 e. The van der Waals surface area contributed by atoms with Crippen LogP contribution >= 0.6 is 0 Å². The molecule has 12 aromatic rings. The van der Waals surface area contributed by atoms with E-state index in [4.69, 9.17) is 13.8 Å². The minimum absolute atomic E-state index is 0.596. The van der Waals surface area contributed by atoms with Crippen molar-refractivity contribution < 1.29 is 8.83 Å². The Labute approximate surface area is 345 Å². The quantitative estimate of drug-likeness (QED) is 0.162. The highest BCUT2D eigenvalue weighted by molar-refractivity contribution is 6.15. The van der Waals surface area contributed by atoms with Crippen LogP contribution in [0.25, 0.3) is 94.2 Å². The number of anilines is 3. The molecule has 12 rings (SSSR count). The first-order valence-corrected chi connectivity index (χ1v) is 20.2. The van der Waals surface area contributed by atoms with Gasteiger partial charge in [0, 0.05) is 55.9 Å². The van der Waals surface area contributed by atoms with E-state index in [0.717, 1.165) is 78.0 Å². The average Bonchev–Trinajstić information content (AvgIpc) is 4.01. The van der Waals surface area contributed by atoms with Crippen molar-refractivity contribution in [2.24, 2.45) is 0 Å². The molecule has 0 bridgehead atoms. The Balaban J connectivity index is 0.999. The SMILES string of the molecule is c1ccc(-c2cccc(N(c3ccc(-c4cccc5oc6cc7nc(-c8ccccc8)oc7cc6c45)cc3)c3ccc4c(c3)c3ccccc3n4-c3ccccc3)c2)cc1. The van der Waals surface area contributed by atoms with Crippen molar-refractivity contribution in [3.63, 3.8) is 0 Å². The van der Waals surface area contributed by atoms with Gasteiger partial charge in [0.2, 0.25) is 5.89 Å². The first kappa shape index (κ1) is 33.9. The predicted octanol–water partition coefficient (Wildman–Crippen LogP) is 15.3. The van der Waals surface area contributed by atoms with Crippen LogP contribution in [0.3, 0.4) is 0 Å². The number of para-hydroxylation sites is 2. The molecule has 0 N–H and O–H groups in total. The maximum atomic E-state index is 6.47.